The Hall–Kier alpha value is -1.72. The van der Waals surface area contributed by atoms with Gasteiger partial charge in [0.1, 0.15) is 12.4 Å². The summed E-state index contributed by atoms with van der Waals surface area (Å²) in [6.45, 7) is 2.65. The van der Waals surface area contributed by atoms with Gasteiger partial charge < -0.3 is 10.5 Å². The molecule has 0 atom stereocenters. The van der Waals surface area contributed by atoms with Crippen LogP contribution in [0.1, 0.15) is 11.1 Å². The lowest BCUT2D eigenvalue weighted by Gasteiger charge is -2.12. The Morgan fingerprint density at radius 2 is 1.82 bits per heavy atom. The van der Waals surface area contributed by atoms with Crippen molar-refractivity contribution in [1.29, 1.82) is 0 Å². The van der Waals surface area contributed by atoms with Gasteiger partial charge in [0.25, 0.3) is 0 Å². The summed E-state index contributed by atoms with van der Waals surface area (Å²) in [6, 6.07) is 10.6. The van der Waals surface area contributed by atoms with Crippen LogP contribution in [-0.4, -0.2) is 13.2 Å². The molecule has 0 spiro atoms. The first-order chi connectivity index (χ1) is 9.91. The van der Waals surface area contributed by atoms with Gasteiger partial charge in [-0.15, -0.1) is 12.4 Å². The average Bonchev–Trinajstić information content (AvgIpc) is 2.44. The second-order valence-electron chi connectivity index (χ2n) is 4.69. The molecule has 0 saturated carbocycles. The number of hydrogen-bond donors (Lipinski definition) is 1. The number of ether oxygens (including phenoxy) is 1. The molecule has 0 bridgehead atoms. The lowest BCUT2D eigenvalue weighted by Crippen LogP contribution is -2.10. The second-order valence-corrected chi connectivity index (χ2v) is 4.69. The molecule has 2 rings (SSSR count). The van der Waals surface area contributed by atoms with Crippen LogP contribution in [0.25, 0.3) is 11.1 Å². The number of alkyl halides is 3. The van der Waals surface area contributed by atoms with E-state index in [9.17, 15) is 13.2 Å². The predicted octanol–water partition coefficient (Wildman–Crippen LogP) is 4.44. The number of halogens is 4. The van der Waals surface area contributed by atoms with Crippen LogP contribution in [0.5, 0.6) is 5.75 Å². The molecule has 22 heavy (non-hydrogen) atoms. The first-order valence-corrected chi connectivity index (χ1v) is 6.53. The van der Waals surface area contributed by atoms with Crippen molar-refractivity contribution in [2.75, 3.05) is 13.2 Å². The molecule has 2 aromatic carbocycles. The molecule has 0 fully saturated rings. The van der Waals surface area contributed by atoms with Crippen LogP contribution in [0.3, 0.4) is 0 Å². The molecule has 0 aliphatic heterocycles. The Kier molecular flexibility index (Phi) is 6.26. The molecule has 0 saturated heterocycles. The highest BCUT2D eigenvalue weighted by molar-refractivity contribution is 5.85. The maximum Gasteiger partial charge on any atom is 0.416 e. The molecule has 120 valence electrons. The number of benzene rings is 2. The molecule has 0 aromatic heterocycles. The molecular weight excluding hydrogens is 315 g/mol. The molecule has 2 aromatic rings. The average molecular weight is 332 g/mol. The van der Waals surface area contributed by atoms with E-state index in [0.717, 1.165) is 23.3 Å². The molecule has 0 heterocycles. The summed E-state index contributed by atoms with van der Waals surface area (Å²) in [6.07, 6.45) is -4.34. The Labute approximate surface area is 133 Å². The first-order valence-electron chi connectivity index (χ1n) is 6.53. The maximum atomic E-state index is 12.8. The van der Waals surface area contributed by atoms with Crippen LogP contribution in [-0.2, 0) is 6.18 Å². The largest absolute Gasteiger partial charge is 0.492 e. The summed E-state index contributed by atoms with van der Waals surface area (Å²) < 4.78 is 43.7. The summed E-state index contributed by atoms with van der Waals surface area (Å²) in [5, 5.41) is 0. The number of rotatable bonds is 4. The third-order valence-corrected chi connectivity index (χ3v) is 3.09. The maximum absolute atomic E-state index is 12.8. The van der Waals surface area contributed by atoms with Crippen LogP contribution in [0, 0.1) is 6.92 Å². The lowest BCUT2D eigenvalue weighted by atomic mass is 9.98. The van der Waals surface area contributed by atoms with Crippen molar-refractivity contribution in [3.8, 4) is 16.9 Å². The van der Waals surface area contributed by atoms with Gasteiger partial charge in [-0.2, -0.15) is 13.2 Å². The minimum Gasteiger partial charge on any atom is -0.492 e. The normalized spacial score (nSPS) is 11.0. The summed E-state index contributed by atoms with van der Waals surface area (Å²) in [4.78, 5) is 0. The summed E-state index contributed by atoms with van der Waals surface area (Å²) in [7, 11) is 0. The molecule has 0 aliphatic carbocycles. The number of hydrogen-bond acceptors (Lipinski definition) is 2. The van der Waals surface area contributed by atoms with Gasteiger partial charge in [0.15, 0.2) is 0 Å². The van der Waals surface area contributed by atoms with Gasteiger partial charge in [-0.25, -0.2) is 0 Å². The minimum atomic E-state index is -4.34. The van der Waals surface area contributed by atoms with E-state index < -0.39 is 11.7 Å². The summed E-state index contributed by atoms with van der Waals surface area (Å²) in [5.74, 6) is 0.661. The molecule has 0 aliphatic rings. The molecule has 0 radical (unpaired) electrons. The molecule has 0 unspecified atom stereocenters. The van der Waals surface area contributed by atoms with Crippen LogP contribution in [0.4, 0.5) is 13.2 Å². The van der Waals surface area contributed by atoms with Crippen LogP contribution in [0.15, 0.2) is 42.5 Å². The Balaban J connectivity index is 0.00000242. The van der Waals surface area contributed by atoms with Crippen molar-refractivity contribution in [3.05, 3.63) is 53.6 Å². The van der Waals surface area contributed by atoms with Crippen molar-refractivity contribution in [2.24, 2.45) is 5.73 Å². The van der Waals surface area contributed by atoms with Crippen LogP contribution in [0.2, 0.25) is 0 Å². The van der Waals surface area contributed by atoms with E-state index in [2.05, 4.69) is 0 Å². The van der Waals surface area contributed by atoms with Gasteiger partial charge in [0.05, 0.1) is 5.56 Å². The number of nitrogens with two attached hydrogens (primary N) is 1. The summed E-state index contributed by atoms with van der Waals surface area (Å²) >= 11 is 0. The van der Waals surface area contributed by atoms with Gasteiger partial charge in [-0.05, 0) is 47.9 Å². The Morgan fingerprint density at radius 1 is 1.09 bits per heavy atom. The smallest absolute Gasteiger partial charge is 0.416 e. The van der Waals surface area contributed by atoms with Gasteiger partial charge in [-0.1, -0.05) is 18.2 Å². The zero-order valence-corrected chi connectivity index (χ0v) is 12.8. The molecule has 6 heteroatoms. The highest BCUT2D eigenvalue weighted by atomic mass is 35.5. The second kappa shape index (κ2) is 7.51. The fourth-order valence-electron chi connectivity index (χ4n) is 2.09. The number of aryl methyl sites for hydroxylation is 1. The van der Waals surface area contributed by atoms with E-state index in [1.165, 1.54) is 6.07 Å². The lowest BCUT2D eigenvalue weighted by molar-refractivity contribution is -0.137. The highest BCUT2D eigenvalue weighted by Crippen LogP contribution is 2.33. The first kappa shape index (κ1) is 18.3. The zero-order valence-electron chi connectivity index (χ0n) is 12.0. The Morgan fingerprint density at radius 3 is 2.41 bits per heavy atom. The van der Waals surface area contributed by atoms with Crippen LogP contribution < -0.4 is 10.5 Å². The van der Waals surface area contributed by atoms with Gasteiger partial charge >= 0.3 is 6.18 Å². The van der Waals surface area contributed by atoms with E-state index in [1.54, 1.807) is 24.3 Å². The van der Waals surface area contributed by atoms with E-state index in [4.69, 9.17) is 10.5 Å². The van der Waals surface area contributed by atoms with Crippen molar-refractivity contribution in [3.63, 3.8) is 0 Å². The zero-order chi connectivity index (χ0) is 15.5. The van der Waals surface area contributed by atoms with E-state index in [-0.39, 0.29) is 12.4 Å². The van der Waals surface area contributed by atoms with E-state index in [1.807, 2.05) is 6.92 Å². The fraction of sp³-hybridized carbons (Fsp3) is 0.250. The van der Waals surface area contributed by atoms with Crippen molar-refractivity contribution >= 4 is 12.4 Å². The molecular formula is C16H17ClF3NO. The molecule has 0 amide bonds. The highest BCUT2D eigenvalue weighted by Gasteiger charge is 2.30. The van der Waals surface area contributed by atoms with E-state index >= 15 is 0 Å². The fourth-order valence-corrected chi connectivity index (χ4v) is 2.09. The quantitative estimate of drug-likeness (QED) is 0.899. The monoisotopic (exact) mass is 331 g/mol. The van der Waals surface area contributed by atoms with Gasteiger partial charge in [-0.3, -0.25) is 0 Å². The van der Waals surface area contributed by atoms with E-state index in [0.29, 0.717) is 24.5 Å². The molecule has 2 nitrogen and oxygen atoms in total. The van der Waals surface area contributed by atoms with Gasteiger partial charge in [0.2, 0.25) is 0 Å². The van der Waals surface area contributed by atoms with Crippen molar-refractivity contribution in [2.45, 2.75) is 13.1 Å². The Bertz CT molecular complexity index is 629. The predicted molar refractivity (Wildman–Crippen MR) is 83.4 cm³/mol. The SMILES string of the molecule is Cc1cc(OCCN)ccc1-c1cccc(C(F)(F)F)c1.Cl. The third-order valence-electron chi connectivity index (χ3n) is 3.09. The van der Waals surface area contributed by atoms with Crippen molar-refractivity contribution in [1.82, 2.24) is 0 Å². The van der Waals surface area contributed by atoms with Crippen LogP contribution >= 0.6 is 12.4 Å². The minimum absolute atomic E-state index is 0. The topological polar surface area (TPSA) is 35.2 Å². The molecule has 2 N–H and O–H groups in total. The van der Waals surface area contributed by atoms with Crippen molar-refractivity contribution < 1.29 is 17.9 Å². The summed E-state index contributed by atoms with van der Waals surface area (Å²) in [5.41, 5.74) is 6.85. The standard InChI is InChI=1S/C16H16F3NO.ClH/c1-11-9-14(21-8-7-20)5-6-15(11)12-3-2-4-13(10-12)16(17,18)19;/h2-6,9-10H,7-8,20H2,1H3;1H. The third kappa shape index (κ3) is 4.39. The van der Waals surface area contributed by atoms with Gasteiger partial charge in [0, 0.05) is 6.54 Å².